The Kier molecular flexibility index (Phi) is 8.31. The number of anilines is 1. The number of imidazole rings is 1. The number of amides is 1. The number of aliphatic imine (C=N–C) groups is 1. The number of benzene rings is 1. The highest BCUT2D eigenvalue weighted by atomic mass is 16.5. The molecule has 0 bridgehead atoms. The molecule has 0 radical (unpaired) electrons. The number of rotatable bonds is 10. The minimum absolute atomic E-state index is 0.138. The number of ether oxygens (including phenoxy) is 1. The van der Waals surface area contributed by atoms with Gasteiger partial charge in [-0.05, 0) is 24.2 Å². The number of carbonyl (C=O) groups is 1. The summed E-state index contributed by atoms with van der Waals surface area (Å²) in [5, 5.41) is 3.37. The van der Waals surface area contributed by atoms with Gasteiger partial charge >= 0.3 is 0 Å². The summed E-state index contributed by atoms with van der Waals surface area (Å²) < 4.78 is 7.89. The number of nitrogens with two attached hydrogens (primary N) is 1. The van der Waals surface area contributed by atoms with Crippen LogP contribution in [0.2, 0.25) is 0 Å². The maximum atomic E-state index is 12.2. The predicted octanol–water partition coefficient (Wildman–Crippen LogP) is 2.56. The van der Waals surface area contributed by atoms with Crippen LogP contribution in [0.3, 0.4) is 0 Å². The van der Waals surface area contributed by atoms with Gasteiger partial charge < -0.3 is 20.7 Å². The molecule has 1 fully saturated rings. The first-order chi connectivity index (χ1) is 19.5. The molecule has 3 N–H and O–H groups in total. The molecule has 1 aliphatic rings. The van der Waals surface area contributed by atoms with Crippen molar-refractivity contribution >= 4 is 29.2 Å². The Balaban J connectivity index is 1.21. The third-order valence-corrected chi connectivity index (χ3v) is 6.76. The van der Waals surface area contributed by atoms with E-state index in [1.54, 1.807) is 32.0 Å². The van der Waals surface area contributed by atoms with Crippen molar-refractivity contribution in [3.05, 3.63) is 78.5 Å². The number of carbonyl (C=O) groups excluding carboxylic acids is 1. The molecule has 1 amide bonds. The number of hydrogen-bond donors (Lipinski definition) is 2. The van der Waals surface area contributed by atoms with Gasteiger partial charge in [0.1, 0.15) is 30.1 Å². The van der Waals surface area contributed by atoms with Crippen molar-refractivity contribution in [3.8, 4) is 17.1 Å². The van der Waals surface area contributed by atoms with E-state index >= 15 is 0 Å². The maximum Gasteiger partial charge on any atom is 0.236 e. The van der Waals surface area contributed by atoms with Crippen LogP contribution in [0, 0.1) is 0 Å². The summed E-state index contributed by atoms with van der Waals surface area (Å²) in [6.07, 6.45) is 8.53. The lowest BCUT2D eigenvalue weighted by molar-refractivity contribution is -0.135. The van der Waals surface area contributed by atoms with E-state index in [4.69, 9.17) is 10.5 Å². The molecule has 11 nitrogen and oxygen atoms in total. The first kappa shape index (κ1) is 26.8. The molecule has 0 spiro atoms. The first-order valence-electron chi connectivity index (χ1n) is 13.1. The maximum absolute atomic E-state index is 12.2. The Hall–Kier alpha value is -4.77. The van der Waals surface area contributed by atoms with Crippen molar-refractivity contribution in [2.24, 2.45) is 10.7 Å². The van der Waals surface area contributed by atoms with Crippen LogP contribution >= 0.6 is 0 Å². The lowest BCUT2D eigenvalue weighted by Crippen LogP contribution is -2.49. The molecule has 206 valence electrons. The third kappa shape index (κ3) is 6.26. The number of likely N-dealkylation sites (N-methyl/N-ethyl adjacent to an activating group) is 1. The second kappa shape index (κ2) is 12.4. The van der Waals surface area contributed by atoms with Gasteiger partial charge in [0.15, 0.2) is 0 Å². The minimum Gasteiger partial charge on any atom is -0.492 e. The molecule has 3 aromatic heterocycles. The smallest absolute Gasteiger partial charge is 0.236 e. The summed E-state index contributed by atoms with van der Waals surface area (Å²) in [6, 6.07) is 13.8. The Morgan fingerprint density at radius 3 is 2.77 bits per heavy atom. The van der Waals surface area contributed by atoms with Crippen molar-refractivity contribution in [2.75, 3.05) is 52.2 Å². The molecule has 0 saturated carbocycles. The Bertz CT molecular complexity index is 1530. The number of pyridine rings is 1. The van der Waals surface area contributed by atoms with Crippen molar-refractivity contribution in [1.29, 1.82) is 0 Å². The highest BCUT2D eigenvalue weighted by Crippen LogP contribution is 2.23. The normalized spacial score (nSPS) is 14.8. The van der Waals surface area contributed by atoms with Crippen LogP contribution in [-0.2, 0) is 11.3 Å². The second-order valence-corrected chi connectivity index (χ2v) is 9.55. The van der Waals surface area contributed by atoms with E-state index in [1.165, 1.54) is 0 Å². The molecule has 5 rings (SSSR count). The van der Waals surface area contributed by atoms with Gasteiger partial charge in [0.25, 0.3) is 0 Å². The molecular formula is C29H33N9O2. The third-order valence-electron chi connectivity index (χ3n) is 6.76. The van der Waals surface area contributed by atoms with E-state index < -0.39 is 0 Å². The van der Waals surface area contributed by atoms with Gasteiger partial charge in [0, 0.05) is 63.0 Å². The Labute approximate surface area is 233 Å². The van der Waals surface area contributed by atoms with Crippen molar-refractivity contribution in [1.82, 2.24) is 29.2 Å². The van der Waals surface area contributed by atoms with Crippen LogP contribution in [0.4, 0.5) is 5.82 Å². The quantitative estimate of drug-likeness (QED) is 0.295. The fourth-order valence-corrected chi connectivity index (χ4v) is 4.53. The van der Waals surface area contributed by atoms with Crippen molar-refractivity contribution in [2.45, 2.75) is 6.54 Å². The molecule has 11 heteroatoms. The van der Waals surface area contributed by atoms with E-state index in [9.17, 15) is 4.79 Å². The first-order valence-corrected chi connectivity index (χ1v) is 13.1. The van der Waals surface area contributed by atoms with Crippen LogP contribution < -0.4 is 15.8 Å². The highest BCUT2D eigenvalue weighted by Gasteiger charge is 2.21. The van der Waals surface area contributed by atoms with Crippen molar-refractivity contribution < 1.29 is 9.53 Å². The summed E-state index contributed by atoms with van der Waals surface area (Å²) in [7, 11) is 3.68. The fourth-order valence-electron chi connectivity index (χ4n) is 4.53. The van der Waals surface area contributed by atoms with E-state index in [-0.39, 0.29) is 5.91 Å². The molecule has 0 unspecified atom stereocenters. The Morgan fingerprint density at radius 2 is 2.00 bits per heavy atom. The molecule has 0 atom stereocenters. The van der Waals surface area contributed by atoms with E-state index in [1.807, 2.05) is 69.9 Å². The molecule has 1 saturated heterocycles. The number of fused-ring (bicyclic) bond motifs is 1. The van der Waals surface area contributed by atoms with Gasteiger partial charge in [0.05, 0.1) is 30.7 Å². The number of nitrogens with zero attached hydrogens (tertiary/aromatic N) is 7. The molecule has 40 heavy (non-hydrogen) atoms. The van der Waals surface area contributed by atoms with Gasteiger partial charge in [-0.3, -0.25) is 19.1 Å². The van der Waals surface area contributed by atoms with Gasteiger partial charge in [0.2, 0.25) is 5.91 Å². The lowest BCUT2D eigenvalue weighted by atomic mass is 10.1. The molecular weight excluding hydrogens is 506 g/mol. The zero-order chi connectivity index (χ0) is 27.9. The fraction of sp³-hybridized carbons (Fsp3) is 0.276. The molecule has 1 aromatic carbocycles. The lowest BCUT2D eigenvalue weighted by Gasteiger charge is -2.31. The summed E-state index contributed by atoms with van der Waals surface area (Å²) in [5.41, 5.74) is 11.0. The molecule has 4 heterocycles. The van der Waals surface area contributed by atoms with E-state index in [0.29, 0.717) is 37.8 Å². The summed E-state index contributed by atoms with van der Waals surface area (Å²) in [6.45, 7) is 3.67. The average molecular weight is 540 g/mol. The number of nitrogens with one attached hydrogen (secondary N) is 1. The average Bonchev–Trinajstić information content (AvgIpc) is 3.40. The summed E-state index contributed by atoms with van der Waals surface area (Å²) >= 11 is 0. The van der Waals surface area contributed by atoms with Crippen LogP contribution in [0.25, 0.3) is 22.6 Å². The summed E-state index contributed by atoms with van der Waals surface area (Å²) in [5.74, 6) is 1.56. The van der Waals surface area contributed by atoms with Gasteiger partial charge in [-0.15, -0.1) is 0 Å². The Morgan fingerprint density at radius 1 is 1.15 bits per heavy atom. The number of piperazine rings is 1. The predicted molar refractivity (Wildman–Crippen MR) is 156 cm³/mol. The number of aromatic nitrogens is 4. The molecule has 1 aliphatic heterocycles. The second-order valence-electron chi connectivity index (χ2n) is 9.55. The molecule has 0 aliphatic carbocycles. The SMILES string of the molecule is CN=CC(=CN)c1ccc(CNc2cc(-c3cnc4cc(OCCN5CCN(C)CC5=O)ccn34)ncn2)cc1. The zero-order valence-corrected chi connectivity index (χ0v) is 22.7. The van der Waals surface area contributed by atoms with Gasteiger partial charge in [-0.25, -0.2) is 15.0 Å². The van der Waals surface area contributed by atoms with E-state index in [2.05, 4.69) is 25.3 Å². The minimum atomic E-state index is 0.138. The molecule has 4 aromatic rings. The standard InChI is InChI=1S/C29H33N9O2/c1-31-17-23(15-30)22-5-3-21(4-6-22)16-32-27-14-25(34-20-35-27)26-18-33-28-13-24(7-8-38(26)28)40-12-11-37-10-9-36(2)19-29(37)39/h3-8,13-15,17-18,20H,9-12,16,19,30H2,1-2H3,(H,32,34,35). The van der Waals surface area contributed by atoms with Crippen LogP contribution in [0.15, 0.2) is 72.4 Å². The summed E-state index contributed by atoms with van der Waals surface area (Å²) in [4.78, 5) is 33.5. The van der Waals surface area contributed by atoms with Gasteiger partial charge in [-0.1, -0.05) is 24.3 Å². The van der Waals surface area contributed by atoms with Crippen LogP contribution in [0.5, 0.6) is 5.75 Å². The highest BCUT2D eigenvalue weighted by molar-refractivity contribution is 6.09. The zero-order valence-electron chi connectivity index (χ0n) is 22.7. The number of hydrogen-bond acceptors (Lipinski definition) is 9. The monoisotopic (exact) mass is 539 g/mol. The topological polar surface area (TPSA) is 126 Å². The van der Waals surface area contributed by atoms with Crippen LogP contribution in [-0.4, -0.2) is 88.2 Å². The van der Waals surface area contributed by atoms with E-state index in [0.717, 1.165) is 46.8 Å². The van der Waals surface area contributed by atoms with Crippen molar-refractivity contribution in [3.63, 3.8) is 0 Å². The largest absolute Gasteiger partial charge is 0.492 e. The number of allylic oxidation sites excluding steroid dienone is 1. The van der Waals surface area contributed by atoms with Gasteiger partial charge in [-0.2, -0.15) is 0 Å². The van der Waals surface area contributed by atoms with Crippen LogP contribution in [0.1, 0.15) is 11.1 Å².